The molecule has 1 unspecified atom stereocenters. The zero-order valence-corrected chi connectivity index (χ0v) is 9.50. The Morgan fingerprint density at radius 1 is 1.43 bits per heavy atom. The smallest absolute Gasteiger partial charge is 0.0759 e. The van der Waals surface area contributed by atoms with E-state index in [9.17, 15) is 5.11 Å². The molecular formula is C11H14BrNO. The number of nitrogens with two attached hydrogens (primary N) is 1. The van der Waals surface area contributed by atoms with E-state index in [1.165, 1.54) is 5.56 Å². The number of benzene rings is 1. The lowest BCUT2D eigenvalue weighted by Crippen LogP contribution is -2.33. The second kappa shape index (κ2) is 3.65. The van der Waals surface area contributed by atoms with Gasteiger partial charge in [0.2, 0.25) is 0 Å². The van der Waals surface area contributed by atoms with Crippen molar-refractivity contribution in [3.63, 3.8) is 0 Å². The molecule has 0 heterocycles. The minimum atomic E-state index is -0.416. The summed E-state index contributed by atoms with van der Waals surface area (Å²) in [5, 5.41) is 9.88. The molecule has 0 aliphatic heterocycles. The van der Waals surface area contributed by atoms with Crippen molar-refractivity contribution in [2.45, 2.75) is 24.4 Å². The zero-order valence-electron chi connectivity index (χ0n) is 7.91. The van der Waals surface area contributed by atoms with Gasteiger partial charge in [0.1, 0.15) is 0 Å². The maximum Gasteiger partial charge on any atom is 0.0759 e. The molecule has 3 heteroatoms. The van der Waals surface area contributed by atoms with E-state index in [2.05, 4.69) is 22.0 Å². The lowest BCUT2D eigenvalue weighted by molar-refractivity contribution is 0.139. The average Bonchev–Trinajstić information content (AvgIpc) is 2.98. The summed E-state index contributed by atoms with van der Waals surface area (Å²) in [5.41, 5.74) is 6.64. The van der Waals surface area contributed by atoms with E-state index in [1.807, 2.05) is 18.2 Å². The van der Waals surface area contributed by atoms with E-state index in [1.54, 1.807) is 0 Å². The van der Waals surface area contributed by atoms with Crippen molar-refractivity contribution in [3.05, 3.63) is 34.3 Å². The van der Waals surface area contributed by atoms with Crippen molar-refractivity contribution >= 4 is 15.9 Å². The second-order valence-electron chi connectivity index (χ2n) is 3.89. The molecule has 1 aliphatic carbocycles. The third kappa shape index (κ3) is 1.49. The van der Waals surface area contributed by atoms with Crippen LogP contribution in [0, 0.1) is 0 Å². The summed E-state index contributed by atoms with van der Waals surface area (Å²) in [6.07, 6.45) is 1.66. The normalized spacial score (nSPS) is 20.5. The molecule has 76 valence electrons. The van der Waals surface area contributed by atoms with Gasteiger partial charge in [0.05, 0.1) is 6.10 Å². The number of hydrogen-bond acceptors (Lipinski definition) is 2. The minimum Gasteiger partial charge on any atom is -0.391 e. The van der Waals surface area contributed by atoms with Crippen LogP contribution in [0.3, 0.4) is 0 Å². The van der Waals surface area contributed by atoms with E-state index in [-0.39, 0.29) is 5.41 Å². The van der Waals surface area contributed by atoms with Crippen LogP contribution in [0.4, 0.5) is 0 Å². The van der Waals surface area contributed by atoms with Gasteiger partial charge in [0.25, 0.3) is 0 Å². The topological polar surface area (TPSA) is 46.2 Å². The molecule has 1 aromatic rings. The van der Waals surface area contributed by atoms with Crippen molar-refractivity contribution in [1.29, 1.82) is 0 Å². The molecule has 1 fully saturated rings. The van der Waals surface area contributed by atoms with Crippen LogP contribution < -0.4 is 5.73 Å². The first-order valence-electron chi connectivity index (χ1n) is 4.84. The number of rotatable bonds is 3. The fourth-order valence-electron chi connectivity index (χ4n) is 2.01. The number of hydrogen-bond donors (Lipinski definition) is 2. The monoisotopic (exact) mass is 255 g/mol. The highest BCUT2D eigenvalue weighted by Gasteiger charge is 2.50. The van der Waals surface area contributed by atoms with Crippen LogP contribution in [0.25, 0.3) is 0 Å². The van der Waals surface area contributed by atoms with Crippen LogP contribution >= 0.6 is 15.9 Å². The summed E-state index contributed by atoms with van der Waals surface area (Å²) >= 11 is 3.52. The summed E-state index contributed by atoms with van der Waals surface area (Å²) in [6.45, 7) is 0.335. The van der Waals surface area contributed by atoms with Crippen LogP contribution in [-0.4, -0.2) is 17.8 Å². The Bertz CT molecular complexity index is 336. The van der Waals surface area contributed by atoms with E-state index >= 15 is 0 Å². The zero-order chi connectivity index (χ0) is 10.2. The summed E-state index contributed by atoms with van der Waals surface area (Å²) in [5.74, 6) is 0. The van der Waals surface area contributed by atoms with E-state index in [0.29, 0.717) is 6.54 Å². The molecule has 1 atom stereocenters. The van der Waals surface area contributed by atoms with Crippen molar-refractivity contribution < 1.29 is 5.11 Å². The highest BCUT2D eigenvalue weighted by atomic mass is 79.9. The molecular weight excluding hydrogens is 242 g/mol. The quantitative estimate of drug-likeness (QED) is 0.866. The van der Waals surface area contributed by atoms with Crippen LogP contribution in [0.15, 0.2) is 28.7 Å². The fraction of sp³-hybridized carbons (Fsp3) is 0.455. The summed E-state index contributed by atoms with van der Waals surface area (Å²) in [7, 11) is 0. The van der Waals surface area contributed by atoms with Crippen molar-refractivity contribution in [3.8, 4) is 0 Å². The number of halogens is 1. The van der Waals surface area contributed by atoms with Crippen molar-refractivity contribution in [1.82, 2.24) is 0 Å². The van der Waals surface area contributed by atoms with Gasteiger partial charge in [-0.25, -0.2) is 0 Å². The van der Waals surface area contributed by atoms with Gasteiger partial charge < -0.3 is 10.8 Å². The third-order valence-corrected chi connectivity index (χ3v) is 3.75. The van der Waals surface area contributed by atoms with Gasteiger partial charge in [0.15, 0.2) is 0 Å². The van der Waals surface area contributed by atoms with E-state index in [0.717, 1.165) is 17.3 Å². The molecule has 1 aliphatic rings. The maximum absolute atomic E-state index is 9.88. The molecule has 0 spiro atoms. The van der Waals surface area contributed by atoms with Crippen LogP contribution in [-0.2, 0) is 5.41 Å². The largest absolute Gasteiger partial charge is 0.391 e. The molecule has 2 nitrogen and oxygen atoms in total. The Balaban J connectivity index is 2.35. The van der Waals surface area contributed by atoms with E-state index < -0.39 is 6.10 Å². The van der Waals surface area contributed by atoms with Crippen LogP contribution in [0.5, 0.6) is 0 Å². The Labute approximate surface area is 92.3 Å². The first-order valence-corrected chi connectivity index (χ1v) is 5.63. The lowest BCUT2D eigenvalue weighted by atomic mass is 9.90. The SMILES string of the molecule is NCC(O)C1(c2ccccc2Br)CC1. The fourth-order valence-corrected chi connectivity index (χ4v) is 2.69. The Morgan fingerprint density at radius 2 is 2.07 bits per heavy atom. The predicted molar refractivity (Wildman–Crippen MR) is 60.1 cm³/mol. The van der Waals surface area contributed by atoms with Crippen LogP contribution in [0.1, 0.15) is 18.4 Å². The minimum absolute atomic E-state index is 0.0746. The van der Waals surface area contributed by atoms with Gasteiger partial charge in [-0.05, 0) is 24.5 Å². The van der Waals surface area contributed by atoms with E-state index in [4.69, 9.17) is 5.73 Å². The molecule has 14 heavy (non-hydrogen) atoms. The molecule has 0 saturated heterocycles. The number of aliphatic hydroxyl groups is 1. The first-order chi connectivity index (χ1) is 6.70. The Morgan fingerprint density at radius 3 is 2.57 bits per heavy atom. The van der Waals surface area contributed by atoms with Gasteiger partial charge in [-0.3, -0.25) is 0 Å². The summed E-state index contributed by atoms with van der Waals surface area (Å²) in [4.78, 5) is 0. The summed E-state index contributed by atoms with van der Waals surface area (Å²) in [6, 6.07) is 8.07. The molecule has 2 rings (SSSR count). The van der Waals surface area contributed by atoms with Gasteiger partial charge in [-0.1, -0.05) is 34.1 Å². The van der Waals surface area contributed by atoms with Crippen LogP contribution in [0.2, 0.25) is 0 Å². The predicted octanol–water partition coefficient (Wildman–Crippen LogP) is 1.80. The molecule has 0 aromatic heterocycles. The van der Waals surface area contributed by atoms with Gasteiger partial charge in [0, 0.05) is 16.4 Å². The van der Waals surface area contributed by atoms with Crippen molar-refractivity contribution in [2.75, 3.05) is 6.54 Å². The summed E-state index contributed by atoms with van der Waals surface area (Å²) < 4.78 is 1.07. The molecule has 0 radical (unpaired) electrons. The van der Waals surface area contributed by atoms with Gasteiger partial charge >= 0.3 is 0 Å². The highest BCUT2D eigenvalue weighted by molar-refractivity contribution is 9.10. The van der Waals surface area contributed by atoms with Gasteiger partial charge in [-0.2, -0.15) is 0 Å². The molecule has 1 aromatic carbocycles. The average molecular weight is 256 g/mol. The first kappa shape index (κ1) is 10.1. The number of aliphatic hydroxyl groups excluding tert-OH is 1. The highest BCUT2D eigenvalue weighted by Crippen LogP contribution is 2.52. The Hall–Kier alpha value is -0.380. The molecule has 0 amide bonds. The molecule has 1 saturated carbocycles. The van der Waals surface area contributed by atoms with Gasteiger partial charge in [-0.15, -0.1) is 0 Å². The molecule has 3 N–H and O–H groups in total. The molecule has 0 bridgehead atoms. The lowest BCUT2D eigenvalue weighted by Gasteiger charge is -2.22. The maximum atomic E-state index is 9.88. The third-order valence-electron chi connectivity index (χ3n) is 3.06. The van der Waals surface area contributed by atoms with Crippen molar-refractivity contribution in [2.24, 2.45) is 5.73 Å². The Kier molecular flexibility index (Phi) is 2.64. The standard InChI is InChI=1S/C11H14BrNO/c12-9-4-2-1-3-8(9)11(5-6-11)10(14)7-13/h1-4,10,14H,5-7,13H2. The second-order valence-corrected chi connectivity index (χ2v) is 4.74.